The topological polar surface area (TPSA) is 59.8 Å². The zero-order chi connectivity index (χ0) is 19.9. The first-order valence-corrected chi connectivity index (χ1v) is 10.1. The molecule has 1 aromatic heterocycles. The fourth-order valence-corrected chi connectivity index (χ4v) is 3.60. The van der Waals surface area contributed by atoms with E-state index in [-0.39, 0.29) is 17.0 Å². The maximum Gasteiger partial charge on any atom is 0.233 e. The Morgan fingerprint density at radius 3 is 2.57 bits per heavy atom. The van der Waals surface area contributed by atoms with Gasteiger partial charge in [0.2, 0.25) is 5.91 Å². The molecular formula is C21H23FN4OS. The second-order valence-corrected chi connectivity index (χ2v) is 7.72. The molecule has 5 nitrogen and oxygen atoms in total. The first kappa shape index (κ1) is 20.1. The number of carbonyl (C=O) groups excluding carboxylic acids is 1. The summed E-state index contributed by atoms with van der Waals surface area (Å²) >= 11 is 1.32. The zero-order valence-electron chi connectivity index (χ0n) is 15.9. The number of nitrogens with zero attached hydrogens (tertiary/aromatic N) is 3. The number of nitrogens with one attached hydrogen (secondary N) is 1. The fraction of sp³-hybridized carbons (Fsp3) is 0.286. The van der Waals surface area contributed by atoms with Gasteiger partial charge in [-0.1, -0.05) is 61.2 Å². The van der Waals surface area contributed by atoms with E-state index in [2.05, 4.69) is 15.5 Å². The van der Waals surface area contributed by atoms with E-state index in [0.717, 1.165) is 12.0 Å². The van der Waals surface area contributed by atoms with E-state index < -0.39 is 0 Å². The Morgan fingerprint density at radius 1 is 1.14 bits per heavy atom. The summed E-state index contributed by atoms with van der Waals surface area (Å²) < 4.78 is 16.2. The van der Waals surface area contributed by atoms with Crippen molar-refractivity contribution in [3.8, 4) is 11.4 Å². The molecule has 1 amide bonds. The van der Waals surface area contributed by atoms with Crippen LogP contribution in [-0.2, 0) is 11.3 Å². The maximum absolute atomic E-state index is 14.4. The van der Waals surface area contributed by atoms with Gasteiger partial charge in [0.05, 0.1) is 17.4 Å². The number of carbonyl (C=O) groups is 1. The van der Waals surface area contributed by atoms with E-state index in [4.69, 9.17) is 0 Å². The predicted molar refractivity (Wildman–Crippen MR) is 110 cm³/mol. The first-order valence-electron chi connectivity index (χ1n) is 9.26. The van der Waals surface area contributed by atoms with Crippen molar-refractivity contribution in [2.75, 3.05) is 6.54 Å². The summed E-state index contributed by atoms with van der Waals surface area (Å²) in [6.45, 7) is 4.97. The Morgan fingerprint density at radius 2 is 1.86 bits per heavy atom. The minimum Gasteiger partial charge on any atom is -0.355 e. The molecule has 0 bridgehead atoms. The van der Waals surface area contributed by atoms with E-state index in [0.29, 0.717) is 29.6 Å². The van der Waals surface area contributed by atoms with Crippen LogP contribution >= 0.6 is 11.8 Å². The van der Waals surface area contributed by atoms with Crippen LogP contribution in [0.4, 0.5) is 4.39 Å². The summed E-state index contributed by atoms with van der Waals surface area (Å²) in [6, 6.07) is 16.4. The molecule has 1 N–H and O–H groups in total. The molecule has 7 heteroatoms. The van der Waals surface area contributed by atoms with Gasteiger partial charge in [-0.15, -0.1) is 10.2 Å². The zero-order valence-corrected chi connectivity index (χ0v) is 16.7. The second kappa shape index (κ2) is 9.50. The molecule has 1 atom stereocenters. The Labute approximate surface area is 168 Å². The number of hydrogen-bond acceptors (Lipinski definition) is 4. The predicted octanol–water partition coefficient (Wildman–Crippen LogP) is 4.14. The van der Waals surface area contributed by atoms with Gasteiger partial charge in [-0.25, -0.2) is 4.39 Å². The highest BCUT2D eigenvalue weighted by atomic mass is 32.2. The van der Waals surface area contributed by atoms with Crippen molar-refractivity contribution < 1.29 is 9.18 Å². The lowest BCUT2D eigenvalue weighted by molar-refractivity contribution is -0.120. The minimum absolute atomic E-state index is 0.0476. The van der Waals surface area contributed by atoms with Crippen LogP contribution in [0.15, 0.2) is 59.8 Å². The van der Waals surface area contributed by atoms with E-state index in [1.807, 2.05) is 48.7 Å². The molecule has 0 fully saturated rings. The van der Waals surface area contributed by atoms with Crippen molar-refractivity contribution >= 4 is 17.7 Å². The van der Waals surface area contributed by atoms with Crippen LogP contribution in [-0.4, -0.2) is 32.5 Å². The summed E-state index contributed by atoms with van der Waals surface area (Å²) in [5, 5.41) is 11.6. The third-order valence-corrected chi connectivity index (χ3v) is 5.30. The van der Waals surface area contributed by atoms with Crippen molar-refractivity contribution in [2.45, 2.75) is 37.2 Å². The summed E-state index contributed by atoms with van der Waals surface area (Å²) in [4.78, 5) is 12.3. The van der Waals surface area contributed by atoms with Crippen molar-refractivity contribution in [1.29, 1.82) is 0 Å². The molecule has 2 aromatic carbocycles. The van der Waals surface area contributed by atoms with Crippen LogP contribution in [0.1, 0.15) is 25.8 Å². The van der Waals surface area contributed by atoms with Crippen molar-refractivity contribution in [1.82, 2.24) is 20.1 Å². The lowest BCUT2D eigenvalue weighted by Crippen LogP contribution is -2.31. The highest BCUT2D eigenvalue weighted by Crippen LogP contribution is 2.29. The Hall–Kier alpha value is -2.67. The lowest BCUT2D eigenvalue weighted by atomic mass is 10.2. The normalized spacial score (nSPS) is 12.0. The number of thioether (sulfide) groups is 1. The third-order valence-electron chi connectivity index (χ3n) is 4.22. The van der Waals surface area contributed by atoms with Crippen molar-refractivity contribution in [3.05, 3.63) is 66.0 Å². The van der Waals surface area contributed by atoms with E-state index in [1.165, 1.54) is 17.8 Å². The number of hydrogen-bond donors (Lipinski definition) is 1. The Bertz CT molecular complexity index is 929. The van der Waals surface area contributed by atoms with Crippen LogP contribution in [0.5, 0.6) is 0 Å². The standard InChI is InChI=1S/C21H23FN4OS/c1-3-13-23-20(27)15(2)28-21-25-24-19(17-11-7-8-12-18(17)22)26(21)14-16-9-5-4-6-10-16/h4-12,15H,3,13-14H2,1-2H3,(H,23,27). The molecule has 0 spiro atoms. The Kier molecular flexibility index (Phi) is 6.81. The van der Waals surface area contributed by atoms with Crippen LogP contribution in [0.3, 0.4) is 0 Å². The third kappa shape index (κ3) is 4.78. The molecule has 0 saturated carbocycles. The van der Waals surface area contributed by atoms with Gasteiger partial charge in [0.25, 0.3) is 0 Å². The van der Waals surface area contributed by atoms with E-state index in [9.17, 15) is 9.18 Å². The van der Waals surface area contributed by atoms with Gasteiger partial charge in [0.15, 0.2) is 11.0 Å². The average Bonchev–Trinajstić information content (AvgIpc) is 3.09. The monoisotopic (exact) mass is 398 g/mol. The second-order valence-electron chi connectivity index (χ2n) is 6.41. The van der Waals surface area contributed by atoms with Crippen LogP contribution in [0, 0.1) is 5.82 Å². The smallest absolute Gasteiger partial charge is 0.233 e. The number of benzene rings is 2. The molecule has 0 aliphatic rings. The highest BCUT2D eigenvalue weighted by molar-refractivity contribution is 8.00. The number of rotatable bonds is 8. The van der Waals surface area contributed by atoms with Gasteiger partial charge >= 0.3 is 0 Å². The van der Waals surface area contributed by atoms with Gasteiger partial charge in [-0.3, -0.25) is 9.36 Å². The highest BCUT2D eigenvalue weighted by Gasteiger charge is 2.22. The summed E-state index contributed by atoms with van der Waals surface area (Å²) in [7, 11) is 0. The molecular weight excluding hydrogens is 375 g/mol. The van der Waals surface area contributed by atoms with Crippen molar-refractivity contribution in [2.24, 2.45) is 0 Å². The van der Waals surface area contributed by atoms with Gasteiger partial charge in [0, 0.05) is 6.54 Å². The number of halogens is 1. The molecule has 1 heterocycles. The van der Waals surface area contributed by atoms with Gasteiger partial charge < -0.3 is 5.32 Å². The number of aromatic nitrogens is 3. The van der Waals surface area contributed by atoms with Crippen LogP contribution in [0.2, 0.25) is 0 Å². The van der Waals surface area contributed by atoms with E-state index in [1.54, 1.807) is 18.2 Å². The first-order chi connectivity index (χ1) is 13.6. The summed E-state index contributed by atoms with van der Waals surface area (Å²) in [6.07, 6.45) is 0.880. The average molecular weight is 399 g/mol. The lowest BCUT2D eigenvalue weighted by Gasteiger charge is -2.14. The number of amides is 1. The fourth-order valence-electron chi connectivity index (χ4n) is 2.73. The maximum atomic E-state index is 14.4. The summed E-state index contributed by atoms with van der Waals surface area (Å²) in [5.41, 5.74) is 1.44. The van der Waals surface area contributed by atoms with Gasteiger partial charge in [-0.2, -0.15) is 0 Å². The van der Waals surface area contributed by atoms with Crippen LogP contribution < -0.4 is 5.32 Å². The van der Waals surface area contributed by atoms with Crippen molar-refractivity contribution in [3.63, 3.8) is 0 Å². The van der Waals surface area contributed by atoms with Crippen LogP contribution in [0.25, 0.3) is 11.4 Å². The quantitative estimate of drug-likeness (QED) is 0.580. The summed E-state index contributed by atoms with van der Waals surface area (Å²) in [5.74, 6) is 0.0497. The molecule has 3 aromatic rings. The largest absolute Gasteiger partial charge is 0.355 e. The molecule has 0 aliphatic heterocycles. The molecule has 146 valence electrons. The Balaban J connectivity index is 1.94. The molecule has 0 aliphatic carbocycles. The molecule has 0 radical (unpaired) electrons. The molecule has 3 rings (SSSR count). The van der Waals surface area contributed by atoms with Gasteiger partial charge in [0.1, 0.15) is 5.82 Å². The molecule has 28 heavy (non-hydrogen) atoms. The molecule has 1 unspecified atom stereocenters. The minimum atomic E-state index is -0.352. The van der Waals surface area contributed by atoms with Gasteiger partial charge in [-0.05, 0) is 31.0 Å². The van der Waals surface area contributed by atoms with E-state index >= 15 is 0 Å². The molecule has 0 saturated heterocycles. The SMILES string of the molecule is CCCNC(=O)C(C)Sc1nnc(-c2ccccc2F)n1Cc1ccccc1.